The van der Waals surface area contributed by atoms with E-state index in [1.807, 2.05) is 6.92 Å². The SMILES string of the molecule is CCO[C@H]1C[C@@H](O)C12CCN(Cc1cc(F)c(OC)c(Cl)c1)CC2. The van der Waals surface area contributed by atoms with Crippen molar-refractivity contribution in [3.8, 4) is 5.75 Å². The van der Waals surface area contributed by atoms with E-state index in [2.05, 4.69) is 4.90 Å². The number of methoxy groups -OCH3 is 1. The number of rotatable bonds is 5. The van der Waals surface area contributed by atoms with Crippen molar-refractivity contribution < 1.29 is 19.0 Å². The van der Waals surface area contributed by atoms with Crippen LogP contribution in [0.3, 0.4) is 0 Å². The van der Waals surface area contributed by atoms with E-state index >= 15 is 0 Å². The fourth-order valence-corrected chi connectivity index (χ4v) is 4.41. The van der Waals surface area contributed by atoms with E-state index in [1.165, 1.54) is 13.2 Å². The van der Waals surface area contributed by atoms with Crippen LogP contribution >= 0.6 is 11.6 Å². The summed E-state index contributed by atoms with van der Waals surface area (Å²) >= 11 is 6.07. The second kappa shape index (κ2) is 7.16. The van der Waals surface area contributed by atoms with Gasteiger partial charge in [-0.1, -0.05) is 11.6 Å². The van der Waals surface area contributed by atoms with Crippen molar-refractivity contribution in [1.82, 2.24) is 4.90 Å². The Morgan fingerprint density at radius 1 is 1.38 bits per heavy atom. The van der Waals surface area contributed by atoms with Gasteiger partial charge in [0.05, 0.1) is 24.3 Å². The maximum absolute atomic E-state index is 14.0. The second-order valence-electron chi connectivity index (χ2n) is 6.80. The lowest BCUT2D eigenvalue weighted by Gasteiger charge is -2.56. The molecule has 3 rings (SSSR count). The summed E-state index contributed by atoms with van der Waals surface area (Å²) in [5.74, 6) is -0.338. The largest absolute Gasteiger partial charge is 0.492 e. The summed E-state index contributed by atoms with van der Waals surface area (Å²) < 4.78 is 24.7. The zero-order valence-corrected chi connectivity index (χ0v) is 15.0. The molecular weight excluding hydrogens is 333 g/mol. The van der Waals surface area contributed by atoms with Gasteiger partial charge in [-0.15, -0.1) is 0 Å². The van der Waals surface area contributed by atoms with Gasteiger partial charge in [-0.2, -0.15) is 0 Å². The van der Waals surface area contributed by atoms with Gasteiger partial charge >= 0.3 is 0 Å². The van der Waals surface area contributed by atoms with E-state index in [0.717, 1.165) is 37.9 Å². The summed E-state index contributed by atoms with van der Waals surface area (Å²) in [7, 11) is 1.41. The van der Waals surface area contributed by atoms with Gasteiger partial charge in [0.25, 0.3) is 0 Å². The van der Waals surface area contributed by atoms with Crippen LogP contribution in [0.5, 0.6) is 5.75 Å². The second-order valence-corrected chi connectivity index (χ2v) is 7.20. The van der Waals surface area contributed by atoms with Crippen molar-refractivity contribution in [2.75, 3.05) is 26.8 Å². The van der Waals surface area contributed by atoms with E-state index in [4.69, 9.17) is 21.1 Å². The highest BCUT2D eigenvalue weighted by atomic mass is 35.5. The first-order chi connectivity index (χ1) is 11.5. The summed E-state index contributed by atoms with van der Waals surface area (Å²) in [6.45, 7) is 5.06. The topological polar surface area (TPSA) is 41.9 Å². The monoisotopic (exact) mass is 357 g/mol. The molecule has 24 heavy (non-hydrogen) atoms. The fraction of sp³-hybridized carbons (Fsp3) is 0.667. The minimum Gasteiger partial charge on any atom is -0.492 e. The van der Waals surface area contributed by atoms with Crippen LogP contribution in [-0.4, -0.2) is 49.0 Å². The van der Waals surface area contributed by atoms with Gasteiger partial charge < -0.3 is 14.6 Å². The molecule has 1 spiro atoms. The number of likely N-dealkylation sites (tertiary alicyclic amines) is 1. The summed E-state index contributed by atoms with van der Waals surface area (Å²) in [6, 6.07) is 3.24. The molecule has 1 N–H and O–H groups in total. The van der Waals surface area contributed by atoms with E-state index in [0.29, 0.717) is 18.2 Å². The molecule has 1 aromatic carbocycles. The summed E-state index contributed by atoms with van der Waals surface area (Å²) in [6.07, 6.45) is 2.47. The number of hydrogen-bond donors (Lipinski definition) is 1. The number of aliphatic hydroxyl groups is 1. The Morgan fingerprint density at radius 2 is 2.08 bits per heavy atom. The Balaban J connectivity index is 1.62. The first-order valence-electron chi connectivity index (χ1n) is 8.54. The third-order valence-electron chi connectivity index (χ3n) is 5.57. The molecule has 0 amide bonds. The fourth-order valence-electron chi connectivity index (χ4n) is 4.10. The number of piperidine rings is 1. The van der Waals surface area contributed by atoms with Crippen molar-refractivity contribution in [1.29, 1.82) is 0 Å². The highest BCUT2D eigenvalue weighted by Gasteiger charge is 2.55. The molecule has 1 saturated carbocycles. The molecular formula is C18H25ClFNO3. The lowest BCUT2D eigenvalue weighted by atomic mass is 9.58. The predicted molar refractivity (Wildman–Crippen MR) is 90.9 cm³/mol. The third-order valence-corrected chi connectivity index (χ3v) is 5.85. The Labute approximate surface area is 147 Å². The molecule has 0 radical (unpaired) electrons. The lowest BCUT2D eigenvalue weighted by Crippen LogP contribution is -2.62. The smallest absolute Gasteiger partial charge is 0.173 e. The maximum atomic E-state index is 14.0. The number of nitrogens with zero attached hydrogens (tertiary/aromatic N) is 1. The first kappa shape index (κ1) is 17.9. The number of benzene rings is 1. The molecule has 2 fully saturated rings. The molecule has 2 atom stereocenters. The molecule has 2 aliphatic rings. The Hall–Kier alpha value is -0.880. The van der Waals surface area contributed by atoms with Crippen LogP contribution < -0.4 is 4.74 Å². The summed E-state index contributed by atoms with van der Waals surface area (Å²) in [5, 5.41) is 10.5. The average molecular weight is 358 g/mol. The summed E-state index contributed by atoms with van der Waals surface area (Å²) in [4.78, 5) is 2.27. The van der Waals surface area contributed by atoms with Crippen LogP contribution in [0.25, 0.3) is 0 Å². The lowest BCUT2D eigenvalue weighted by molar-refractivity contribution is -0.209. The standard InChI is InChI=1S/C18H25ClFNO3/c1-3-24-16-10-15(22)18(16)4-6-21(7-5-18)11-12-8-13(19)17(23-2)14(20)9-12/h8-9,15-16,22H,3-7,10-11H2,1-2H3/t15-,16+/m1/s1. The highest BCUT2D eigenvalue weighted by Crippen LogP contribution is 2.51. The minimum atomic E-state index is -0.431. The van der Waals surface area contributed by atoms with Crippen LogP contribution in [0.1, 0.15) is 31.7 Å². The molecule has 1 aliphatic heterocycles. The van der Waals surface area contributed by atoms with E-state index < -0.39 is 5.82 Å². The van der Waals surface area contributed by atoms with Gasteiger partial charge in [0, 0.05) is 25.0 Å². The predicted octanol–water partition coefficient (Wildman–Crippen LogP) is 3.24. The van der Waals surface area contributed by atoms with E-state index in [1.54, 1.807) is 6.07 Å². The molecule has 0 bridgehead atoms. The molecule has 4 nitrogen and oxygen atoms in total. The Bertz CT molecular complexity index is 565. The Morgan fingerprint density at radius 3 is 2.62 bits per heavy atom. The van der Waals surface area contributed by atoms with Gasteiger partial charge in [-0.25, -0.2) is 4.39 Å². The van der Waals surface area contributed by atoms with Crippen LogP contribution in [0.2, 0.25) is 5.02 Å². The molecule has 134 valence electrons. The average Bonchev–Trinajstić information content (AvgIpc) is 2.55. The first-order valence-corrected chi connectivity index (χ1v) is 8.92. The van der Waals surface area contributed by atoms with E-state index in [9.17, 15) is 9.50 Å². The van der Waals surface area contributed by atoms with E-state index in [-0.39, 0.29) is 23.4 Å². The summed E-state index contributed by atoms with van der Waals surface area (Å²) in [5.41, 5.74) is 0.750. The van der Waals surface area contributed by atoms with Gasteiger partial charge in [-0.3, -0.25) is 4.90 Å². The molecule has 0 unspecified atom stereocenters. The maximum Gasteiger partial charge on any atom is 0.173 e. The number of hydrogen-bond acceptors (Lipinski definition) is 4. The molecule has 1 heterocycles. The molecule has 6 heteroatoms. The Kier molecular flexibility index (Phi) is 5.35. The van der Waals surface area contributed by atoms with Crippen molar-refractivity contribution >= 4 is 11.6 Å². The van der Waals surface area contributed by atoms with Crippen LogP contribution in [0.15, 0.2) is 12.1 Å². The molecule has 1 aromatic rings. The molecule has 1 aliphatic carbocycles. The van der Waals surface area contributed by atoms with Gasteiger partial charge in [-0.05, 0) is 50.6 Å². The van der Waals surface area contributed by atoms with Crippen molar-refractivity contribution in [3.63, 3.8) is 0 Å². The van der Waals surface area contributed by atoms with Gasteiger partial charge in [0.2, 0.25) is 0 Å². The normalized spacial score (nSPS) is 26.4. The minimum absolute atomic E-state index is 0.0880. The van der Waals surface area contributed by atoms with Crippen LogP contribution in [0, 0.1) is 11.2 Å². The van der Waals surface area contributed by atoms with Gasteiger partial charge in [0.15, 0.2) is 11.6 Å². The molecule has 1 saturated heterocycles. The van der Waals surface area contributed by atoms with Crippen LogP contribution in [-0.2, 0) is 11.3 Å². The highest BCUT2D eigenvalue weighted by molar-refractivity contribution is 6.32. The van der Waals surface area contributed by atoms with Crippen molar-refractivity contribution in [2.45, 2.75) is 44.9 Å². The quantitative estimate of drug-likeness (QED) is 0.878. The number of halogens is 2. The third kappa shape index (κ3) is 3.15. The van der Waals surface area contributed by atoms with Gasteiger partial charge in [0.1, 0.15) is 0 Å². The van der Waals surface area contributed by atoms with Crippen LogP contribution in [0.4, 0.5) is 4.39 Å². The van der Waals surface area contributed by atoms with Crippen molar-refractivity contribution in [3.05, 3.63) is 28.5 Å². The van der Waals surface area contributed by atoms with Crippen molar-refractivity contribution in [2.24, 2.45) is 5.41 Å². The molecule has 0 aromatic heterocycles. The number of ether oxygens (including phenoxy) is 2. The zero-order valence-electron chi connectivity index (χ0n) is 14.2. The number of aliphatic hydroxyl groups excluding tert-OH is 1. The zero-order chi connectivity index (χ0) is 17.3.